The van der Waals surface area contributed by atoms with E-state index in [0.29, 0.717) is 21.5 Å². The van der Waals surface area contributed by atoms with Crippen LogP contribution in [0.25, 0.3) is 5.76 Å². The Balaban J connectivity index is 1.96. The van der Waals surface area contributed by atoms with Gasteiger partial charge in [-0.3, -0.25) is 14.5 Å². The third kappa shape index (κ3) is 3.69. The van der Waals surface area contributed by atoms with E-state index in [1.807, 2.05) is 6.92 Å². The smallest absolute Gasteiger partial charge is 0.300 e. The fourth-order valence-corrected chi connectivity index (χ4v) is 4.31. The molecule has 0 spiro atoms. The predicted octanol–water partition coefficient (Wildman–Crippen LogP) is 5.53. The average molecular weight is 496 g/mol. The molecule has 0 radical (unpaired) electrons. The van der Waals surface area contributed by atoms with Crippen LogP contribution in [-0.2, 0) is 9.59 Å². The lowest BCUT2D eigenvalue weighted by Crippen LogP contribution is -2.29. The summed E-state index contributed by atoms with van der Waals surface area (Å²) in [5.41, 5.74) is 1.62. The lowest BCUT2D eigenvalue weighted by Gasteiger charge is -2.26. The summed E-state index contributed by atoms with van der Waals surface area (Å²) in [7, 11) is 1.50. The summed E-state index contributed by atoms with van der Waals surface area (Å²) in [6.07, 6.45) is 0. The van der Waals surface area contributed by atoms with E-state index in [1.165, 1.54) is 30.2 Å². The summed E-state index contributed by atoms with van der Waals surface area (Å²) >= 11 is 3.36. The third-order valence-corrected chi connectivity index (χ3v) is 6.00. The topological polar surface area (TPSA) is 66.8 Å². The summed E-state index contributed by atoms with van der Waals surface area (Å²) in [6.45, 7) is 1.90. The van der Waals surface area contributed by atoms with Crippen LogP contribution in [0, 0.1) is 12.7 Å². The van der Waals surface area contributed by atoms with Crippen LogP contribution in [0.5, 0.6) is 5.75 Å². The number of ether oxygens (including phenoxy) is 1. The number of carbonyl (C=O) groups is 2. The maximum Gasteiger partial charge on any atom is 0.300 e. The molecular weight excluding hydrogens is 477 g/mol. The molecule has 1 heterocycles. The molecule has 1 aliphatic heterocycles. The summed E-state index contributed by atoms with van der Waals surface area (Å²) in [6, 6.07) is 16.5. The average Bonchev–Trinajstić information content (AvgIpc) is 3.04. The van der Waals surface area contributed by atoms with Crippen LogP contribution >= 0.6 is 15.9 Å². The number of hydrogen-bond acceptors (Lipinski definition) is 4. The Kier molecular flexibility index (Phi) is 5.84. The van der Waals surface area contributed by atoms with E-state index in [0.717, 1.165) is 5.56 Å². The van der Waals surface area contributed by atoms with Crippen LogP contribution < -0.4 is 9.64 Å². The van der Waals surface area contributed by atoms with Crippen molar-refractivity contribution < 1.29 is 23.8 Å². The molecule has 32 heavy (non-hydrogen) atoms. The first-order chi connectivity index (χ1) is 15.3. The number of anilines is 1. The van der Waals surface area contributed by atoms with E-state index in [1.54, 1.807) is 48.5 Å². The number of carbonyl (C=O) groups excluding carboxylic acids is 2. The van der Waals surface area contributed by atoms with Crippen LogP contribution in [0.4, 0.5) is 10.1 Å². The number of rotatable bonds is 4. The zero-order valence-electron chi connectivity index (χ0n) is 17.3. The van der Waals surface area contributed by atoms with E-state index < -0.39 is 29.3 Å². The van der Waals surface area contributed by atoms with Gasteiger partial charge in [0.1, 0.15) is 17.3 Å². The molecule has 3 aromatic carbocycles. The Morgan fingerprint density at radius 3 is 2.38 bits per heavy atom. The van der Waals surface area contributed by atoms with Crippen molar-refractivity contribution in [3.05, 3.63) is 99.3 Å². The van der Waals surface area contributed by atoms with Crippen molar-refractivity contribution in [3.63, 3.8) is 0 Å². The molecule has 3 aromatic rings. The number of aliphatic hydroxyl groups is 1. The number of aliphatic hydroxyl groups excluding tert-OH is 1. The second-order valence-corrected chi connectivity index (χ2v) is 8.23. The number of amides is 1. The van der Waals surface area contributed by atoms with E-state index >= 15 is 0 Å². The van der Waals surface area contributed by atoms with Crippen molar-refractivity contribution in [1.82, 2.24) is 0 Å². The highest BCUT2D eigenvalue weighted by Gasteiger charge is 2.47. The highest BCUT2D eigenvalue weighted by atomic mass is 79.9. The first-order valence-corrected chi connectivity index (χ1v) is 10.6. The van der Waals surface area contributed by atoms with E-state index in [4.69, 9.17) is 4.74 Å². The molecule has 0 aromatic heterocycles. The number of aryl methyl sites for hydroxylation is 1. The van der Waals surface area contributed by atoms with Crippen LogP contribution in [0.1, 0.15) is 22.7 Å². The van der Waals surface area contributed by atoms with E-state index in [2.05, 4.69) is 15.9 Å². The van der Waals surface area contributed by atoms with Crippen LogP contribution in [0.15, 0.2) is 76.8 Å². The molecule has 1 amide bonds. The second-order valence-electron chi connectivity index (χ2n) is 7.38. The Labute approximate surface area is 192 Å². The van der Waals surface area contributed by atoms with Crippen molar-refractivity contribution in [2.45, 2.75) is 13.0 Å². The van der Waals surface area contributed by atoms with Crippen molar-refractivity contribution in [1.29, 1.82) is 0 Å². The van der Waals surface area contributed by atoms with Crippen molar-refractivity contribution in [3.8, 4) is 5.75 Å². The molecule has 0 aliphatic carbocycles. The lowest BCUT2D eigenvalue weighted by atomic mass is 9.94. The molecule has 1 atom stereocenters. The van der Waals surface area contributed by atoms with E-state index in [-0.39, 0.29) is 11.1 Å². The zero-order valence-corrected chi connectivity index (χ0v) is 18.9. The van der Waals surface area contributed by atoms with Crippen molar-refractivity contribution >= 4 is 39.1 Å². The minimum absolute atomic E-state index is 0.112. The van der Waals surface area contributed by atoms with Gasteiger partial charge in [0.25, 0.3) is 11.7 Å². The molecule has 1 aliphatic rings. The number of methoxy groups -OCH3 is 1. The highest BCUT2D eigenvalue weighted by molar-refractivity contribution is 9.10. The summed E-state index contributed by atoms with van der Waals surface area (Å²) in [5, 5.41) is 11.1. The number of ketones is 1. The summed E-state index contributed by atoms with van der Waals surface area (Å²) in [4.78, 5) is 27.4. The molecule has 5 nitrogen and oxygen atoms in total. The molecule has 1 fully saturated rings. The first-order valence-electron chi connectivity index (χ1n) is 9.79. The molecule has 1 N–H and O–H groups in total. The Morgan fingerprint density at radius 1 is 1.06 bits per heavy atom. The number of Topliss-reactive ketones (excluding diaryl/α,β-unsaturated/α-hetero) is 1. The van der Waals surface area contributed by atoms with Gasteiger partial charge in [0, 0.05) is 16.8 Å². The molecule has 0 saturated carbocycles. The van der Waals surface area contributed by atoms with Gasteiger partial charge in [0.15, 0.2) is 0 Å². The predicted molar refractivity (Wildman–Crippen MR) is 123 cm³/mol. The quantitative estimate of drug-likeness (QED) is 0.293. The zero-order chi connectivity index (χ0) is 23.0. The summed E-state index contributed by atoms with van der Waals surface area (Å²) in [5.74, 6) is -2.17. The normalized spacial score (nSPS) is 17.6. The minimum Gasteiger partial charge on any atom is -0.507 e. The van der Waals surface area contributed by atoms with Gasteiger partial charge >= 0.3 is 0 Å². The molecule has 1 unspecified atom stereocenters. The number of hydrogen-bond donors (Lipinski definition) is 1. The fourth-order valence-electron chi connectivity index (χ4n) is 3.76. The molecular formula is C25H19BrFNO4. The van der Waals surface area contributed by atoms with Gasteiger partial charge in [-0.05, 0) is 59.3 Å². The van der Waals surface area contributed by atoms with Gasteiger partial charge in [0.05, 0.1) is 23.2 Å². The Hall–Kier alpha value is -3.45. The first kappa shape index (κ1) is 21.8. The summed E-state index contributed by atoms with van der Waals surface area (Å²) < 4.78 is 20.6. The lowest BCUT2D eigenvalue weighted by molar-refractivity contribution is -0.132. The molecule has 0 bridgehead atoms. The standard InChI is InChI=1S/C25H19BrFNO4/c1-14-7-10-16(11-8-14)28-22(17-5-3-4-6-19(17)27)21(24(30)25(28)31)23(29)15-9-12-20(32-2)18(26)13-15/h3-13,22,29H,1-2H3/b23-21+. The van der Waals surface area contributed by atoms with Crippen LogP contribution in [0.2, 0.25) is 0 Å². The van der Waals surface area contributed by atoms with Crippen LogP contribution in [0.3, 0.4) is 0 Å². The van der Waals surface area contributed by atoms with Gasteiger partial charge in [0.2, 0.25) is 0 Å². The number of halogens is 2. The molecule has 1 saturated heterocycles. The van der Waals surface area contributed by atoms with Gasteiger partial charge < -0.3 is 9.84 Å². The second kappa shape index (κ2) is 8.59. The molecule has 162 valence electrons. The molecule has 4 rings (SSSR count). The SMILES string of the molecule is COc1ccc(/C(O)=C2\C(=O)C(=O)N(c3ccc(C)cc3)C2c2ccccc2F)cc1Br. The van der Waals surface area contributed by atoms with Crippen LogP contribution in [-0.4, -0.2) is 23.9 Å². The number of nitrogens with zero attached hydrogens (tertiary/aromatic N) is 1. The number of benzene rings is 3. The minimum atomic E-state index is -1.13. The highest BCUT2D eigenvalue weighted by Crippen LogP contribution is 2.43. The van der Waals surface area contributed by atoms with Gasteiger partial charge in [-0.1, -0.05) is 35.9 Å². The third-order valence-electron chi connectivity index (χ3n) is 5.38. The van der Waals surface area contributed by atoms with Gasteiger partial charge in [-0.2, -0.15) is 0 Å². The molecule has 7 heteroatoms. The maximum atomic E-state index is 14.9. The maximum absolute atomic E-state index is 14.9. The largest absolute Gasteiger partial charge is 0.507 e. The Bertz CT molecular complexity index is 1250. The van der Waals surface area contributed by atoms with E-state index in [9.17, 15) is 19.1 Å². The van der Waals surface area contributed by atoms with Crippen molar-refractivity contribution in [2.75, 3.05) is 12.0 Å². The van der Waals surface area contributed by atoms with Gasteiger partial charge in [-0.25, -0.2) is 4.39 Å². The monoisotopic (exact) mass is 495 g/mol. The van der Waals surface area contributed by atoms with Gasteiger partial charge in [-0.15, -0.1) is 0 Å². The van der Waals surface area contributed by atoms with Crippen molar-refractivity contribution in [2.24, 2.45) is 0 Å². The fraction of sp³-hybridized carbons (Fsp3) is 0.120. The Morgan fingerprint density at radius 2 is 1.75 bits per heavy atom.